The van der Waals surface area contributed by atoms with Crippen LogP contribution in [0.3, 0.4) is 0 Å². The number of nitrogens with zero attached hydrogens (tertiary/aromatic N) is 1. The van der Waals surface area contributed by atoms with Crippen molar-refractivity contribution in [1.82, 2.24) is 9.97 Å². The molecule has 0 aliphatic carbocycles. The van der Waals surface area contributed by atoms with Crippen LogP contribution in [0.25, 0.3) is 11.4 Å². The van der Waals surface area contributed by atoms with Gasteiger partial charge in [-0.25, -0.2) is 9.78 Å². The highest BCUT2D eigenvalue weighted by Crippen LogP contribution is 2.23. The quantitative estimate of drug-likeness (QED) is 0.872. The maximum atomic E-state index is 11.1. The van der Waals surface area contributed by atoms with E-state index in [-0.39, 0.29) is 5.69 Å². The molecule has 0 aliphatic heterocycles. The Balaban J connectivity index is 2.57. The number of carbonyl (C=O) groups is 1. The van der Waals surface area contributed by atoms with Gasteiger partial charge in [0.2, 0.25) is 0 Å². The summed E-state index contributed by atoms with van der Waals surface area (Å²) in [7, 11) is 0. The number of carboxylic acid groups (broad SMARTS) is 1. The van der Waals surface area contributed by atoms with Crippen molar-refractivity contribution < 1.29 is 9.90 Å². The third kappa shape index (κ3) is 2.14. The van der Waals surface area contributed by atoms with E-state index in [0.29, 0.717) is 17.9 Å². The van der Waals surface area contributed by atoms with Crippen LogP contribution in [0.2, 0.25) is 0 Å². The van der Waals surface area contributed by atoms with Crippen molar-refractivity contribution in [3.05, 3.63) is 40.7 Å². The van der Waals surface area contributed by atoms with Crippen molar-refractivity contribution in [3.63, 3.8) is 0 Å². The van der Waals surface area contributed by atoms with E-state index in [4.69, 9.17) is 5.11 Å². The minimum absolute atomic E-state index is 0.119. The van der Waals surface area contributed by atoms with Gasteiger partial charge in [-0.1, -0.05) is 24.6 Å². The molecule has 2 N–H and O–H groups in total. The predicted molar refractivity (Wildman–Crippen MR) is 69.8 cm³/mol. The molecule has 94 valence electrons. The van der Waals surface area contributed by atoms with E-state index in [1.54, 1.807) is 0 Å². The topological polar surface area (TPSA) is 66.0 Å². The third-order valence-electron chi connectivity index (χ3n) is 2.98. The van der Waals surface area contributed by atoms with Gasteiger partial charge in [0.05, 0.1) is 0 Å². The average molecular weight is 244 g/mol. The van der Waals surface area contributed by atoms with E-state index in [2.05, 4.69) is 9.97 Å². The van der Waals surface area contributed by atoms with Gasteiger partial charge >= 0.3 is 5.97 Å². The maximum Gasteiger partial charge on any atom is 0.356 e. The Morgan fingerprint density at radius 2 is 2.11 bits per heavy atom. The zero-order valence-corrected chi connectivity index (χ0v) is 10.7. The highest BCUT2D eigenvalue weighted by molar-refractivity contribution is 5.87. The predicted octanol–water partition coefficient (Wildman–Crippen LogP) is 2.95. The molecule has 0 atom stereocenters. The van der Waals surface area contributed by atoms with E-state index in [0.717, 1.165) is 16.7 Å². The Morgan fingerprint density at radius 1 is 1.39 bits per heavy atom. The van der Waals surface area contributed by atoms with Gasteiger partial charge in [0.1, 0.15) is 5.82 Å². The fourth-order valence-corrected chi connectivity index (χ4v) is 1.96. The molecule has 4 heteroatoms. The number of benzene rings is 1. The number of aromatic carboxylic acids is 1. The Bertz CT molecular complexity index is 600. The molecule has 18 heavy (non-hydrogen) atoms. The Hall–Kier alpha value is -2.10. The number of aromatic amines is 1. The van der Waals surface area contributed by atoms with Crippen molar-refractivity contribution >= 4 is 5.97 Å². The summed E-state index contributed by atoms with van der Waals surface area (Å²) in [6, 6.07) is 6.05. The lowest BCUT2D eigenvalue weighted by Crippen LogP contribution is -2.00. The normalized spacial score (nSPS) is 10.6. The first-order chi connectivity index (χ1) is 8.52. The number of imidazole rings is 1. The minimum atomic E-state index is -0.986. The summed E-state index contributed by atoms with van der Waals surface area (Å²) in [5.41, 5.74) is 3.94. The average Bonchev–Trinajstić information content (AvgIpc) is 2.76. The fraction of sp³-hybridized carbons (Fsp3) is 0.286. The molecule has 1 heterocycles. The number of hydrogen-bond donors (Lipinski definition) is 2. The lowest BCUT2D eigenvalue weighted by molar-refractivity contribution is 0.0690. The van der Waals surface area contributed by atoms with Crippen LogP contribution >= 0.6 is 0 Å². The first kappa shape index (κ1) is 12.4. The molecule has 0 radical (unpaired) electrons. The minimum Gasteiger partial charge on any atom is -0.476 e. The molecule has 0 saturated carbocycles. The molecule has 0 bridgehead atoms. The van der Waals surface area contributed by atoms with Gasteiger partial charge in [-0.3, -0.25) is 0 Å². The van der Waals surface area contributed by atoms with Crippen LogP contribution in [0.5, 0.6) is 0 Å². The molecule has 0 unspecified atom stereocenters. The zero-order valence-electron chi connectivity index (χ0n) is 10.7. The number of carboxylic acids is 1. The summed E-state index contributed by atoms with van der Waals surface area (Å²) in [4.78, 5) is 18.4. The Labute approximate surface area is 106 Å². The third-order valence-corrected chi connectivity index (χ3v) is 2.98. The Kier molecular flexibility index (Phi) is 3.19. The Morgan fingerprint density at radius 3 is 2.67 bits per heavy atom. The lowest BCUT2D eigenvalue weighted by Gasteiger charge is -2.03. The summed E-state index contributed by atoms with van der Waals surface area (Å²) in [6.45, 7) is 5.90. The highest BCUT2D eigenvalue weighted by atomic mass is 16.4. The second-order valence-electron chi connectivity index (χ2n) is 4.39. The SMILES string of the molecule is CCc1[nH]c(-c2cc(C)ccc2C)nc1C(=O)O. The monoisotopic (exact) mass is 244 g/mol. The molecule has 0 fully saturated rings. The van der Waals surface area contributed by atoms with E-state index in [9.17, 15) is 4.79 Å². The fourth-order valence-electron chi connectivity index (χ4n) is 1.96. The zero-order chi connectivity index (χ0) is 13.3. The van der Waals surface area contributed by atoms with Gasteiger partial charge in [0, 0.05) is 11.3 Å². The molecule has 2 rings (SSSR count). The second-order valence-corrected chi connectivity index (χ2v) is 4.39. The van der Waals surface area contributed by atoms with Crippen molar-refractivity contribution in [3.8, 4) is 11.4 Å². The largest absolute Gasteiger partial charge is 0.476 e. The number of rotatable bonds is 3. The summed E-state index contributed by atoms with van der Waals surface area (Å²) >= 11 is 0. The maximum absolute atomic E-state index is 11.1. The standard InChI is InChI=1S/C14H16N2O2/c1-4-11-12(14(17)18)16-13(15-11)10-7-8(2)5-6-9(10)3/h5-7H,4H2,1-3H3,(H,15,16)(H,17,18). The van der Waals surface area contributed by atoms with Crippen molar-refractivity contribution in [2.24, 2.45) is 0 Å². The summed E-state index contributed by atoms with van der Waals surface area (Å²) in [6.07, 6.45) is 0.625. The molecular weight excluding hydrogens is 228 g/mol. The van der Waals surface area contributed by atoms with E-state index >= 15 is 0 Å². The van der Waals surface area contributed by atoms with Crippen LogP contribution in [0, 0.1) is 13.8 Å². The van der Waals surface area contributed by atoms with Crippen molar-refractivity contribution in [1.29, 1.82) is 0 Å². The molecule has 1 aromatic carbocycles. The van der Waals surface area contributed by atoms with Crippen LogP contribution in [0.1, 0.15) is 34.2 Å². The van der Waals surface area contributed by atoms with Gasteiger partial charge in [-0.2, -0.15) is 0 Å². The first-order valence-corrected chi connectivity index (χ1v) is 5.92. The second kappa shape index (κ2) is 4.64. The molecule has 4 nitrogen and oxygen atoms in total. The summed E-state index contributed by atoms with van der Waals surface area (Å²) < 4.78 is 0. The van der Waals surface area contributed by atoms with Crippen LogP contribution in [-0.4, -0.2) is 21.0 Å². The number of H-pyrrole nitrogens is 1. The number of nitrogens with one attached hydrogen (secondary N) is 1. The molecule has 1 aromatic heterocycles. The van der Waals surface area contributed by atoms with Gasteiger partial charge in [0.25, 0.3) is 0 Å². The first-order valence-electron chi connectivity index (χ1n) is 5.92. The van der Waals surface area contributed by atoms with Crippen molar-refractivity contribution in [2.75, 3.05) is 0 Å². The van der Waals surface area contributed by atoms with Crippen LogP contribution in [0.4, 0.5) is 0 Å². The molecule has 0 spiro atoms. The van der Waals surface area contributed by atoms with Gasteiger partial charge < -0.3 is 10.1 Å². The molecular formula is C14H16N2O2. The molecule has 2 aromatic rings. The highest BCUT2D eigenvalue weighted by Gasteiger charge is 2.16. The van der Waals surface area contributed by atoms with Crippen LogP contribution in [0.15, 0.2) is 18.2 Å². The summed E-state index contributed by atoms with van der Waals surface area (Å²) in [5.74, 6) is -0.356. The van der Waals surface area contributed by atoms with E-state index in [1.165, 1.54) is 0 Å². The lowest BCUT2D eigenvalue weighted by atomic mass is 10.1. The van der Waals surface area contributed by atoms with Gasteiger partial charge in [0.15, 0.2) is 5.69 Å². The number of aromatic nitrogens is 2. The number of hydrogen-bond acceptors (Lipinski definition) is 2. The summed E-state index contributed by atoms with van der Waals surface area (Å²) in [5, 5.41) is 9.10. The molecule has 0 saturated heterocycles. The van der Waals surface area contributed by atoms with Crippen molar-refractivity contribution in [2.45, 2.75) is 27.2 Å². The number of aryl methyl sites for hydroxylation is 3. The van der Waals surface area contributed by atoms with Crippen LogP contribution < -0.4 is 0 Å². The van der Waals surface area contributed by atoms with E-state index < -0.39 is 5.97 Å². The van der Waals surface area contributed by atoms with Gasteiger partial charge in [-0.05, 0) is 31.9 Å². The smallest absolute Gasteiger partial charge is 0.356 e. The van der Waals surface area contributed by atoms with Gasteiger partial charge in [-0.15, -0.1) is 0 Å². The van der Waals surface area contributed by atoms with E-state index in [1.807, 2.05) is 39.0 Å². The van der Waals surface area contributed by atoms with Crippen LogP contribution in [-0.2, 0) is 6.42 Å². The molecule has 0 amide bonds. The molecule has 0 aliphatic rings.